The first kappa shape index (κ1) is 21.4. The molecule has 0 aliphatic rings. The van der Waals surface area contributed by atoms with Gasteiger partial charge in [0.15, 0.2) is 0 Å². The molecule has 0 spiro atoms. The monoisotopic (exact) mass is 435 g/mol. The molecule has 1 amide bonds. The SMILES string of the molecule is C[C@H](NC(=O)c1ccc(-c2cc(-c3cccc(C(F)(F)F)c3)n[nH]2)cc1)c1ccccc1. The maximum Gasteiger partial charge on any atom is 0.416 e. The fourth-order valence-corrected chi connectivity index (χ4v) is 3.38. The van der Waals surface area contributed by atoms with Crippen molar-refractivity contribution in [1.82, 2.24) is 15.5 Å². The molecule has 0 saturated carbocycles. The number of rotatable bonds is 5. The van der Waals surface area contributed by atoms with E-state index in [2.05, 4.69) is 15.5 Å². The molecule has 0 aliphatic carbocycles. The van der Waals surface area contributed by atoms with Crippen LogP contribution < -0.4 is 5.32 Å². The van der Waals surface area contributed by atoms with Crippen LogP contribution in [0.3, 0.4) is 0 Å². The minimum absolute atomic E-state index is 0.133. The van der Waals surface area contributed by atoms with Crippen molar-refractivity contribution in [3.05, 3.63) is 102 Å². The molecule has 162 valence electrons. The quantitative estimate of drug-likeness (QED) is 0.389. The van der Waals surface area contributed by atoms with Crippen LogP contribution in [0, 0.1) is 0 Å². The molecule has 3 aromatic carbocycles. The Hall–Kier alpha value is -3.87. The summed E-state index contributed by atoms with van der Waals surface area (Å²) in [5.41, 5.74) is 2.98. The van der Waals surface area contributed by atoms with E-state index in [1.54, 1.807) is 36.4 Å². The zero-order chi connectivity index (χ0) is 22.7. The summed E-state index contributed by atoms with van der Waals surface area (Å²) in [5, 5.41) is 9.96. The van der Waals surface area contributed by atoms with E-state index in [-0.39, 0.29) is 11.9 Å². The molecule has 2 N–H and O–H groups in total. The van der Waals surface area contributed by atoms with E-state index < -0.39 is 11.7 Å². The molecule has 1 atom stereocenters. The number of amides is 1. The van der Waals surface area contributed by atoms with Gasteiger partial charge in [-0.1, -0.05) is 54.6 Å². The maximum atomic E-state index is 13.0. The zero-order valence-corrected chi connectivity index (χ0v) is 17.1. The average Bonchev–Trinajstić information content (AvgIpc) is 3.30. The molecule has 7 heteroatoms. The fourth-order valence-electron chi connectivity index (χ4n) is 3.38. The van der Waals surface area contributed by atoms with Gasteiger partial charge in [-0.2, -0.15) is 18.3 Å². The highest BCUT2D eigenvalue weighted by Crippen LogP contribution is 2.32. The van der Waals surface area contributed by atoms with Crippen molar-refractivity contribution in [2.75, 3.05) is 0 Å². The van der Waals surface area contributed by atoms with E-state index in [0.29, 0.717) is 22.5 Å². The van der Waals surface area contributed by atoms with Gasteiger partial charge in [0.05, 0.1) is 23.0 Å². The molecule has 4 aromatic rings. The Balaban J connectivity index is 1.48. The fraction of sp³-hybridized carbons (Fsp3) is 0.120. The number of benzene rings is 3. The Morgan fingerprint density at radius 3 is 2.31 bits per heavy atom. The van der Waals surface area contributed by atoms with Gasteiger partial charge in [-0.15, -0.1) is 0 Å². The third kappa shape index (κ3) is 4.72. The largest absolute Gasteiger partial charge is 0.416 e. The Labute approximate surface area is 183 Å². The topological polar surface area (TPSA) is 57.8 Å². The van der Waals surface area contributed by atoms with E-state index >= 15 is 0 Å². The zero-order valence-electron chi connectivity index (χ0n) is 17.1. The number of nitrogens with zero attached hydrogens (tertiary/aromatic N) is 1. The number of carbonyl (C=O) groups excluding carboxylic acids is 1. The molecule has 0 aliphatic heterocycles. The lowest BCUT2D eigenvalue weighted by atomic mass is 10.0. The normalized spacial score (nSPS) is 12.4. The van der Waals surface area contributed by atoms with Crippen LogP contribution in [0.4, 0.5) is 13.2 Å². The average molecular weight is 435 g/mol. The van der Waals surface area contributed by atoms with Crippen molar-refractivity contribution in [2.45, 2.75) is 19.1 Å². The second-order valence-corrected chi connectivity index (χ2v) is 7.43. The van der Waals surface area contributed by atoms with Gasteiger partial charge in [0.25, 0.3) is 5.91 Å². The second kappa shape index (κ2) is 8.70. The molecule has 4 rings (SSSR count). The number of aromatic amines is 1. The lowest BCUT2D eigenvalue weighted by Crippen LogP contribution is -2.26. The van der Waals surface area contributed by atoms with Gasteiger partial charge in [0.2, 0.25) is 0 Å². The highest BCUT2D eigenvalue weighted by atomic mass is 19.4. The Morgan fingerprint density at radius 2 is 1.62 bits per heavy atom. The van der Waals surface area contributed by atoms with Crippen molar-refractivity contribution in [3.8, 4) is 22.5 Å². The number of hydrogen-bond donors (Lipinski definition) is 2. The van der Waals surface area contributed by atoms with Gasteiger partial charge in [0.1, 0.15) is 0 Å². The van der Waals surface area contributed by atoms with Gasteiger partial charge in [-0.25, -0.2) is 0 Å². The molecular formula is C25H20F3N3O. The lowest BCUT2D eigenvalue weighted by Gasteiger charge is -2.14. The number of halogens is 3. The summed E-state index contributed by atoms with van der Waals surface area (Å²) in [6.45, 7) is 1.92. The van der Waals surface area contributed by atoms with Gasteiger partial charge >= 0.3 is 6.18 Å². The van der Waals surface area contributed by atoms with Crippen molar-refractivity contribution in [1.29, 1.82) is 0 Å². The molecular weight excluding hydrogens is 415 g/mol. The van der Waals surface area contributed by atoms with E-state index in [9.17, 15) is 18.0 Å². The van der Waals surface area contributed by atoms with E-state index in [1.807, 2.05) is 37.3 Å². The number of H-pyrrole nitrogens is 1. The van der Waals surface area contributed by atoms with Crippen LogP contribution in [-0.2, 0) is 6.18 Å². The third-order valence-electron chi connectivity index (χ3n) is 5.17. The predicted molar refractivity (Wildman–Crippen MR) is 117 cm³/mol. The summed E-state index contributed by atoms with van der Waals surface area (Å²) < 4.78 is 38.9. The van der Waals surface area contributed by atoms with E-state index in [4.69, 9.17) is 0 Å². The smallest absolute Gasteiger partial charge is 0.346 e. The van der Waals surface area contributed by atoms with E-state index in [1.165, 1.54) is 6.07 Å². The standard InChI is InChI=1S/C25H20F3N3O/c1-16(17-6-3-2-4-7-17)29-24(32)19-12-10-18(11-13-19)22-15-23(31-30-22)20-8-5-9-21(14-20)25(26,27)28/h2-16H,1H3,(H,29,32)(H,30,31)/t16-/m0/s1. The first-order chi connectivity index (χ1) is 15.3. The summed E-state index contributed by atoms with van der Waals surface area (Å²) in [7, 11) is 0. The van der Waals surface area contributed by atoms with Crippen LogP contribution in [0.25, 0.3) is 22.5 Å². The second-order valence-electron chi connectivity index (χ2n) is 7.43. The Bertz CT molecular complexity index is 1220. The minimum atomic E-state index is -4.41. The summed E-state index contributed by atoms with van der Waals surface area (Å²) in [6.07, 6.45) is -4.41. The van der Waals surface area contributed by atoms with Crippen LogP contribution >= 0.6 is 0 Å². The summed E-state index contributed by atoms with van der Waals surface area (Å²) in [5.74, 6) is -0.192. The number of hydrogen-bond acceptors (Lipinski definition) is 2. The van der Waals surface area contributed by atoms with Gasteiger partial charge in [-0.3, -0.25) is 9.89 Å². The van der Waals surface area contributed by atoms with Crippen molar-refractivity contribution < 1.29 is 18.0 Å². The number of aromatic nitrogens is 2. The van der Waals surface area contributed by atoms with Crippen molar-refractivity contribution >= 4 is 5.91 Å². The van der Waals surface area contributed by atoms with Crippen LogP contribution in [0.1, 0.15) is 34.5 Å². The van der Waals surface area contributed by atoms with Crippen LogP contribution in [0.5, 0.6) is 0 Å². The lowest BCUT2D eigenvalue weighted by molar-refractivity contribution is -0.137. The van der Waals surface area contributed by atoms with Crippen molar-refractivity contribution in [3.63, 3.8) is 0 Å². The first-order valence-electron chi connectivity index (χ1n) is 10.0. The molecule has 0 radical (unpaired) electrons. The molecule has 0 saturated heterocycles. The number of carbonyl (C=O) groups is 1. The predicted octanol–water partition coefficient (Wildman–Crippen LogP) is 6.25. The van der Waals surface area contributed by atoms with Gasteiger partial charge < -0.3 is 5.32 Å². The Morgan fingerprint density at radius 1 is 0.906 bits per heavy atom. The summed E-state index contributed by atoms with van der Waals surface area (Å²) in [4.78, 5) is 12.6. The molecule has 0 unspecified atom stereocenters. The molecule has 0 fully saturated rings. The Kier molecular flexibility index (Phi) is 5.81. The molecule has 1 aromatic heterocycles. The molecule has 4 nitrogen and oxygen atoms in total. The molecule has 0 bridgehead atoms. The third-order valence-corrected chi connectivity index (χ3v) is 5.17. The van der Waals surface area contributed by atoms with Crippen LogP contribution in [-0.4, -0.2) is 16.1 Å². The highest BCUT2D eigenvalue weighted by Gasteiger charge is 2.30. The first-order valence-corrected chi connectivity index (χ1v) is 10.0. The number of alkyl halides is 3. The van der Waals surface area contributed by atoms with Crippen LogP contribution in [0.15, 0.2) is 84.9 Å². The highest BCUT2D eigenvalue weighted by molar-refractivity contribution is 5.94. The molecule has 1 heterocycles. The summed E-state index contributed by atoms with van der Waals surface area (Å²) >= 11 is 0. The minimum Gasteiger partial charge on any atom is -0.346 e. The number of nitrogens with one attached hydrogen (secondary N) is 2. The molecule has 32 heavy (non-hydrogen) atoms. The summed E-state index contributed by atoms with van der Waals surface area (Å²) in [6, 6.07) is 23.2. The van der Waals surface area contributed by atoms with Crippen molar-refractivity contribution in [2.24, 2.45) is 0 Å². The van der Waals surface area contributed by atoms with Gasteiger partial charge in [-0.05, 0) is 48.4 Å². The van der Waals surface area contributed by atoms with E-state index in [0.717, 1.165) is 23.3 Å². The van der Waals surface area contributed by atoms with Gasteiger partial charge in [0, 0.05) is 11.1 Å². The van der Waals surface area contributed by atoms with Crippen LogP contribution in [0.2, 0.25) is 0 Å². The maximum absolute atomic E-state index is 13.0.